The van der Waals surface area contributed by atoms with Gasteiger partial charge in [-0.15, -0.1) is 0 Å². The number of rotatable bonds is 12. The van der Waals surface area contributed by atoms with Gasteiger partial charge in [0, 0.05) is 59.0 Å². The SMILES string of the molecule is CC.CC.CC.CC.CC.CC.CCc1ccc2cc(CC)c(/C(C)=N/N(C)C)cc2c1.CCc1ccc2cc(CC)c(/C(C)=N/N(C)C)cc2c1.CCc1cccc2c(CC)c(/C(C)=N/N(C)C)ccc12. The zero-order valence-electron chi connectivity index (χ0n) is 51.6. The normalized spacial score (nSPS) is 10.5. The average Bonchev–Trinajstić information content (AvgIpc) is 3.42. The standard InChI is InChI=1S/3C18H24N2.6C2H6/c2*1-6-14-8-9-16-11-15(7-2)18(12-17(16)10-14)13(3)19-20(4)5;1-6-14-9-8-10-18-15(7-2)16(11-12-17(14)18)13(3)19-20(4)5;6*1-2/h3*8-12H,6-7H2,1-5H3;6*1-2H3/b3*19-13+;;;;;;. The van der Waals surface area contributed by atoms with Crippen LogP contribution in [0.3, 0.4) is 0 Å². The van der Waals surface area contributed by atoms with Gasteiger partial charge in [-0.25, -0.2) is 0 Å². The fraction of sp³-hybridized carbons (Fsp3) is 0.500. The first-order valence-corrected chi connectivity index (χ1v) is 28.0. The monoisotopic (exact) mass is 985 g/mol. The molecule has 0 aliphatic carbocycles. The van der Waals surface area contributed by atoms with E-state index in [0.717, 1.165) is 55.7 Å². The third-order valence-corrected chi connectivity index (χ3v) is 11.0. The van der Waals surface area contributed by atoms with Crippen LogP contribution in [0.4, 0.5) is 0 Å². The maximum atomic E-state index is 4.56. The van der Waals surface area contributed by atoms with E-state index in [1.165, 1.54) is 82.4 Å². The van der Waals surface area contributed by atoms with Gasteiger partial charge < -0.3 is 15.0 Å². The summed E-state index contributed by atoms with van der Waals surface area (Å²) < 4.78 is 0. The van der Waals surface area contributed by atoms with Gasteiger partial charge in [0.2, 0.25) is 0 Å². The topological polar surface area (TPSA) is 46.8 Å². The Hall–Kier alpha value is -5.49. The Morgan fingerprint density at radius 3 is 1.01 bits per heavy atom. The van der Waals surface area contributed by atoms with Crippen LogP contribution in [-0.2, 0) is 38.5 Å². The van der Waals surface area contributed by atoms with Crippen molar-refractivity contribution in [3.8, 4) is 0 Å². The van der Waals surface area contributed by atoms with E-state index in [9.17, 15) is 0 Å². The molecule has 0 saturated heterocycles. The number of hydrazone groups is 3. The van der Waals surface area contributed by atoms with Crippen molar-refractivity contribution >= 4 is 49.5 Å². The first kappa shape index (κ1) is 70.8. The second-order valence-electron chi connectivity index (χ2n) is 16.2. The van der Waals surface area contributed by atoms with Crippen LogP contribution in [0.15, 0.2) is 106 Å². The van der Waals surface area contributed by atoms with Gasteiger partial charge in [-0.05, 0) is 137 Å². The molecule has 6 aromatic carbocycles. The molecule has 402 valence electrons. The van der Waals surface area contributed by atoms with E-state index < -0.39 is 0 Å². The molecule has 0 aromatic heterocycles. The van der Waals surface area contributed by atoms with Crippen molar-refractivity contribution in [2.75, 3.05) is 42.3 Å². The van der Waals surface area contributed by atoms with E-state index >= 15 is 0 Å². The number of hydrogen-bond acceptors (Lipinski definition) is 6. The summed E-state index contributed by atoms with van der Waals surface area (Å²) in [5.41, 5.74) is 15.4. The maximum Gasteiger partial charge on any atom is 0.0649 e. The highest BCUT2D eigenvalue weighted by Crippen LogP contribution is 2.28. The minimum atomic E-state index is 1.03. The van der Waals surface area contributed by atoms with Crippen molar-refractivity contribution < 1.29 is 0 Å². The molecule has 0 heterocycles. The quantitative estimate of drug-likeness (QED) is 0.0907. The van der Waals surface area contributed by atoms with E-state index in [-0.39, 0.29) is 0 Å². The van der Waals surface area contributed by atoms with Crippen LogP contribution >= 0.6 is 0 Å². The summed E-state index contributed by atoms with van der Waals surface area (Å²) in [5, 5.41) is 27.3. The molecule has 6 nitrogen and oxygen atoms in total. The van der Waals surface area contributed by atoms with E-state index in [1.54, 1.807) is 0 Å². The molecular formula is C66H108N6. The van der Waals surface area contributed by atoms with E-state index in [2.05, 4.69) is 169 Å². The van der Waals surface area contributed by atoms with Crippen molar-refractivity contribution in [1.29, 1.82) is 0 Å². The molecule has 0 N–H and O–H groups in total. The Labute approximate surface area is 445 Å². The van der Waals surface area contributed by atoms with Crippen LogP contribution in [0.2, 0.25) is 0 Å². The van der Waals surface area contributed by atoms with Crippen LogP contribution in [-0.4, -0.2) is 74.4 Å². The molecule has 0 saturated carbocycles. The number of fused-ring (bicyclic) bond motifs is 3. The van der Waals surface area contributed by atoms with E-state index in [0.29, 0.717) is 0 Å². The number of aryl methyl sites for hydroxylation is 6. The summed E-state index contributed by atoms with van der Waals surface area (Å²) in [6.45, 7) is 43.5. The van der Waals surface area contributed by atoms with Gasteiger partial charge in [0.15, 0.2) is 0 Å². The van der Waals surface area contributed by atoms with Gasteiger partial charge in [-0.1, -0.05) is 203 Å². The van der Waals surface area contributed by atoms with Gasteiger partial charge in [0.1, 0.15) is 0 Å². The molecule has 0 aliphatic heterocycles. The lowest BCUT2D eigenvalue weighted by atomic mass is 9.92. The maximum absolute atomic E-state index is 4.56. The summed E-state index contributed by atoms with van der Waals surface area (Å²) in [5.74, 6) is 0. The first-order valence-electron chi connectivity index (χ1n) is 28.0. The molecule has 0 unspecified atom stereocenters. The number of hydrogen-bond donors (Lipinski definition) is 0. The summed E-state index contributed by atoms with van der Waals surface area (Å²) in [4.78, 5) is 0. The molecule has 6 aromatic rings. The zero-order valence-corrected chi connectivity index (χ0v) is 51.6. The minimum Gasteiger partial charge on any atom is -0.303 e. The van der Waals surface area contributed by atoms with Crippen molar-refractivity contribution in [2.24, 2.45) is 15.3 Å². The van der Waals surface area contributed by atoms with Crippen molar-refractivity contribution in [3.05, 3.63) is 141 Å². The van der Waals surface area contributed by atoms with Crippen LogP contribution < -0.4 is 0 Å². The number of nitrogens with zero attached hydrogens (tertiary/aromatic N) is 6. The fourth-order valence-electron chi connectivity index (χ4n) is 8.06. The fourth-order valence-corrected chi connectivity index (χ4v) is 8.06. The smallest absolute Gasteiger partial charge is 0.0649 e. The molecule has 72 heavy (non-hydrogen) atoms. The molecule has 0 aliphatic rings. The van der Waals surface area contributed by atoms with Crippen molar-refractivity contribution in [2.45, 2.75) is 184 Å². The van der Waals surface area contributed by atoms with E-state index in [1.807, 2.05) is 140 Å². The average molecular weight is 986 g/mol. The minimum absolute atomic E-state index is 1.03. The lowest BCUT2D eigenvalue weighted by Crippen LogP contribution is -2.09. The predicted molar refractivity (Wildman–Crippen MR) is 334 cm³/mol. The lowest BCUT2D eigenvalue weighted by molar-refractivity contribution is 0.437. The van der Waals surface area contributed by atoms with Gasteiger partial charge >= 0.3 is 0 Å². The first-order chi connectivity index (χ1) is 34.7. The van der Waals surface area contributed by atoms with Crippen molar-refractivity contribution in [3.63, 3.8) is 0 Å². The van der Waals surface area contributed by atoms with Crippen LogP contribution in [0.5, 0.6) is 0 Å². The predicted octanol–water partition coefficient (Wildman–Crippen LogP) is 18.9. The summed E-state index contributed by atoms with van der Waals surface area (Å²) in [6.07, 6.45) is 6.31. The second kappa shape index (κ2) is 41.0. The third kappa shape index (κ3) is 22.5. The Morgan fingerprint density at radius 2 is 0.694 bits per heavy atom. The van der Waals surface area contributed by atoms with Gasteiger partial charge in [0.05, 0.1) is 17.1 Å². The van der Waals surface area contributed by atoms with Crippen LogP contribution in [0, 0.1) is 0 Å². The molecule has 0 fully saturated rings. The second-order valence-corrected chi connectivity index (χ2v) is 16.2. The van der Waals surface area contributed by atoms with Gasteiger partial charge in [-0.2, -0.15) is 15.3 Å². The van der Waals surface area contributed by atoms with Crippen LogP contribution in [0.1, 0.15) is 195 Å². The molecule has 0 atom stereocenters. The Morgan fingerprint density at radius 1 is 0.333 bits per heavy atom. The summed E-state index contributed by atoms with van der Waals surface area (Å²) in [7, 11) is 11.8. The Kier molecular flexibility index (Phi) is 40.3. The highest BCUT2D eigenvalue weighted by Gasteiger charge is 2.12. The van der Waals surface area contributed by atoms with Crippen LogP contribution in [0.25, 0.3) is 32.3 Å². The lowest BCUT2D eigenvalue weighted by Gasteiger charge is -2.15. The molecular weight excluding hydrogens is 877 g/mol. The highest BCUT2D eigenvalue weighted by atomic mass is 15.4. The largest absolute Gasteiger partial charge is 0.303 e. The Balaban J connectivity index is -0.000000895. The molecule has 0 radical (unpaired) electrons. The molecule has 0 amide bonds. The zero-order chi connectivity index (χ0) is 56.1. The van der Waals surface area contributed by atoms with Gasteiger partial charge in [0.25, 0.3) is 0 Å². The van der Waals surface area contributed by atoms with Crippen molar-refractivity contribution in [1.82, 2.24) is 15.0 Å². The summed E-state index contributed by atoms with van der Waals surface area (Å²) in [6, 6.07) is 33.8. The molecule has 0 spiro atoms. The summed E-state index contributed by atoms with van der Waals surface area (Å²) >= 11 is 0. The Bertz CT molecular complexity index is 2320. The highest BCUT2D eigenvalue weighted by molar-refractivity contribution is 6.06. The van der Waals surface area contributed by atoms with E-state index in [4.69, 9.17) is 0 Å². The number of benzene rings is 6. The third-order valence-electron chi connectivity index (χ3n) is 11.0. The molecule has 6 heteroatoms. The molecule has 6 rings (SSSR count). The van der Waals surface area contributed by atoms with Gasteiger partial charge in [-0.3, -0.25) is 0 Å². The molecule has 0 bridgehead atoms.